The van der Waals surface area contributed by atoms with Crippen LogP contribution in [-0.2, 0) is 9.59 Å². The van der Waals surface area contributed by atoms with Crippen LogP contribution in [0.15, 0.2) is 53.4 Å². The normalized spacial score (nSPS) is 14.3. The second-order valence-corrected chi connectivity index (χ2v) is 7.80. The van der Waals surface area contributed by atoms with E-state index < -0.39 is 0 Å². The van der Waals surface area contributed by atoms with E-state index in [-0.39, 0.29) is 23.0 Å². The van der Waals surface area contributed by atoms with Gasteiger partial charge in [-0.3, -0.25) is 9.59 Å². The predicted molar refractivity (Wildman–Crippen MR) is 109 cm³/mol. The van der Waals surface area contributed by atoms with Crippen LogP contribution in [0.3, 0.4) is 0 Å². The molecule has 0 aliphatic heterocycles. The molecule has 0 spiro atoms. The summed E-state index contributed by atoms with van der Waals surface area (Å²) in [5, 5.41) is 5.67. The average molecular weight is 385 g/mol. The van der Waals surface area contributed by atoms with E-state index in [0.717, 1.165) is 23.4 Å². The molecule has 5 nitrogen and oxygen atoms in total. The van der Waals surface area contributed by atoms with E-state index in [2.05, 4.69) is 10.6 Å². The molecule has 0 heterocycles. The van der Waals surface area contributed by atoms with E-state index in [1.807, 2.05) is 49.4 Å². The van der Waals surface area contributed by atoms with Gasteiger partial charge in [0.1, 0.15) is 5.75 Å². The van der Waals surface area contributed by atoms with Crippen LogP contribution < -0.4 is 15.4 Å². The number of thioether (sulfide) groups is 1. The summed E-state index contributed by atoms with van der Waals surface area (Å²) in [6.07, 6.45) is 2.64. The molecule has 2 aromatic carbocycles. The Morgan fingerprint density at radius 3 is 2.48 bits per heavy atom. The van der Waals surface area contributed by atoms with Gasteiger partial charge in [-0.25, -0.2) is 0 Å². The van der Waals surface area contributed by atoms with Crippen LogP contribution in [0.5, 0.6) is 5.75 Å². The lowest BCUT2D eigenvalue weighted by Gasteiger charge is -2.16. The summed E-state index contributed by atoms with van der Waals surface area (Å²) < 4.78 is 5.19. The molecule has 27 heavy (non-hydrogen) atoms. The lowest BCUT2D eigenvalue weighted by molar-refractivity contribution is -0.117. The van der Waals surface area contributed by atoms with Crippen molar-refractivity contribution >= 4 is 35.0 Å². The zero-order valence-electron chi connectivity index (χ0n) is 15.5. The van der Waals surface area contributed by atoms with Gasteiger partial charge in [-0.05, 0) is 49.6 Å². The number of hydrogen-bond donors (Lipinski definition) is 2. The van der Waals surface area contributed by atoms with Crippen molar-refractivity contribution in [2.45, 2.75) is 36.3 Å². The van der Waals surface area contributed by atoms with Gasteiger partial charge in [0.2, 0.25) is 11.8 Å². The van der Waals surface area contributed by atoms with Crippen molar-refractivity contribution in [3.63, 3.8) is 0 Å². The minimum atomic E-state index is -0.231. The van der Waals surface area contributed by atoms with Crippen molar-refractivity contribution in [1.82, 2.24) is 0 Å². The number of anilines is 2. The molecule has 142 valence electrons. The van der Waals surface area contributed by atoms with Gasteiger partial charge in [-0.2, -0.15) is 0 Å². The summed E-state index contributed by atoms with van der Waals surface area (Å²) in [5.74, 6) is 0.897. The smallest absolute Gasteiger partial charge is 0.237 e. The van der Waals surface area contributed by atoms with Gasteiger partial charge in [-0.15, -0.1) is 11.8 Å². The molecule has 1 aliphatic carbocycles. The van der Waals surface area contributed by atoms with E-state index in [1.54, 1.807) is 13.2 Å². The zero-order chi connectivity index (χ0) is 19.2. The molecule has 1 aliphatic rings. The Morgan fingerprint density at radius 1 is 1.11 bits per heavy atom. The van der Waals surface area contributed by atoms with Gasteiger partial charge in [-0.1, -0.05) is 19.1 Å². The number of carbonyl (C=O) groups is 2. The summed E-state index contributed by atoms with van der Waals surface area (Å²) >= 11 is 1.50. The number of benzene rings is 2. The third kappa shape index (κ3) is 5.50. The first kappa shape index (κ1) is 19.3. The standard InChI is InChI=1S/C21H24N2O3S/c1-3-19(21(25)23-15-6-4-8-17(12-15)26-2)27-18-9-5-7-16(13-18)22-20(24)14-10-11-14/h4-9,12-14,19H,3,10-11H2,1-2H3,(H,22,24)(H,23,25). The summed E-state index contributed by atoms with van der Waals surface area (Å²) in [6.45, 7) is 1.99. The summed E-state index contributed by atoms with van der Waals surface area (Å²) in [4.78, 5) is 25.6. The Morgan fingerprint density at radius 2 is 1.81 bits per heavy atom. The lowest BCUT2D eigenvalue weighted by atomic mass is 10.2. The van der Waals surface area contributed by atoms with Crippen LogP contribution in [0.1, 0.15) is 26.2 Å². The molecular formula is C21H24N2O3S. The molecule has 1 atom stereocenters. The van der Waals surface area contributed by atoms with Crippen molar-refractivity contribution in [2.75, 3.05) is 17.7 Å². The highest BCUT2D eigenvalue weighted by Crippen LogP contribution is 2.32. The summed E-state index contributed by atoms with van der Waals surface area (Å²) in [5.41, 5.74) is 1.49. The van der Waals surface area contributed by atoms with Crippen molar-refractivity contribution in [2.24, 2.45) is 5.92 Å². The summed E-state index contributed by atoms with van der Waals surface area (Å²) in [7, 11) is 1.60. The number of hydrogen-bond acceptors (Lipinski definition) is 4. The Labute approximate surface area is 163 Å². The molecule has 1 unspecified atom stereocenters. The third-order valence-corrected chi connectivity index (χ3v) is 5.69. The monoisotopic (exact) mass is 384 g/mol. The maximum atomic E-state index is 12.7. The minimum Gasteiger partial charge on any atom is -0.497 e. The van der Waals surface area contributed by atoms with Gasteiger partial charge in [0.25, 0.3) is 0 Å². The SMILES string of the molecule is CCC(Sc1cccc(NC(=O)C2CC2)c1)C(=O)Nc1cccc(OC)c1. The third-order valence-electron chi connectivity index (χ3n) is 4.33. The van der Waals surface area contributed by atoms with Gasteiger partial charge in [0.05, 0.1) is 12.4 Å². The predicted octanol–water partition coefficient (Wildman–Crippen LogP) is 4.55. The largest absolute Gasteiger partial charge is 0.497 e. The van der Waals surface area contributed by atoms with Gasteiger partial charge in [0, 0.05) is 28.3 Å². The molecular weight excluding hydrogens is 360 g/mol. The molecule has 1 fully saturated rings. The molecule has 2 aromatic rings. The van der Waals surface area contributed by atoms with E-state index in [0.29, 0.717) is 17.9 Å². The number of ether oxygens (including phenoxy) is 1. The van der Waals surface area contributed by atoms with Crippen LogP contribution >= 0.6 is 11.8 Å². The van der Waals surface area contributed by atoms with Crippen molar-refractivity contribution in [1.29, 1.82) is 0 Å². The van der Waals surface area contributed by atoms with E-state index in [1.165, 1.54) is 11.8 Å². The first-order valence-electron chi connectivity index (χ1n) is 9.11. The number of rotatable bonds is 8. The van der Waals surface area contributed by atoms with Crippen molar-refractivity contribution in [3.05, 3.63) is 48.5 Å². The van der Waals surface area contributed by atoms with Crippen LogP contribution in [0, 0.1) is 5.92 Å². The van der Waals surface area contributed by atoms with Crippen LogP contribution in [0.2, 0.25) is 0 Å². The highest BCUT2D eigenvalue weighted by Gasteiger charge is 2.29. The molecule has 0 aromatic heterocycles. The molecule has 1 saturated carbocycles. The van der Waals surface area contributed by atoms with E-state index >= 15 is 0 Å². The second-order valence-electron chi connectivity index (χ2n) is 6.53. The number of methoxy groups -OCH3 is 1. The fourth-order valence-electron chi connectivity index (χ4n) is 2.65. The first-order valence-corrected chi connectivity index (χ1v) is 9.99. The molecule has 0 saturated heterocycles. The Bertz CT molecular complexity index is 821. The van der Waals surface area contributed by atoms with Crippen molar-refractivity contribution in [3.8, 4) is 5.75 Å². The Kier molecular flexibility index (Phi) is 6.40. The average Bonchev–Trinajstić information content (AvgIpc) is 3.52. The fourth-order valence-corrected chi connectivity index (χ4v) is 3.66. The fraction of sp³-hybridized carbons (Fsp3) is 0.333. The van der Waals surface area contributed by atoms with Gasteiger partial charge >= 0.3 is 0 Å². The minimum absolute atomic E-state index is 0.0526. The highest BCUT2D eigenvalue weighted by atomic mass is 32.2. The van der Waals surface area contributed by atoms with Gasteiger partial charge in [0.15, 0.2) is 0 Å². The Hall–Kier alpha value is -2.47. The maximum Gasteiger partial charge on any atom is 0.237 e. The lowest BCUT2D eigenvalue weighted by Crippen LogP contribution is -2.24. The highest BCUT2D eigenvalue weighted by molar-refractivity contribution is 8.00. The van der Waals surface area contributed by atoms with E-state index in [4.69, 9.17) is 4.74 Å². The number of amides is 2. The maximum absolute atomic E-state index is 12.7. The molecule has 0 bridgehead atoms. The summed E-state index contributed by atoms with van der Waals surface area (Å²) in [6, 6.07) is 15.0. The molecule has 2 N–H and O–H groups in total. The Balaban J connectivity index is 1.63. The molecule has 3 rings (SSSR count). The van der Waals surface area contributed by atoms with Crippen LogP contribution in [0.4, 0.5) is 11.4 Å². The van der Waals surface area contributed by atoms with Crippen LogP contribution in [-0.4, -0.2) is 24.2 Å². The van der Waals surface area contributed by atoms with Crippen LogP contribution in [0.25, 0.3) is 0 Å². The number of carbonyl (C=O) groups excluding carboxylic acids is 2. The molecule has 2 amide bonds. The molecule has 6 heteroatoms. The quantitative estimate of drug-likeness (QED) is 0.655. The van der Waals surface area contributed by atoms with Gasteiger partial charge < -0.3 is 15.4 Å². The second kappa shape index (κ2) is 8.95. The molecule has 0 radical (unpaired) electrons. The first-order chi connectivity index (χ1) is 13.1. The van der Waals surface area contributed by atoms with E-state index in [9.17, 15) is 9.59 Å². The zero-order valence-corrected chi connectivity index (χ0v) is 16.3. The number of nitrogens with one attached hydrogen (secondary N) is 2. The van der Waals surface area contributed by atoms with Crippen molar-refractivity contribution < 1.29 is 14.3 Å². The topological polar surface area (TPSA) is 67.4 Å².